The summed E-state index contributed by atoms with van der Waals surface area (Å²) in [4.78, 5) is 23.7. The number of rotatable bonds is 10. The van der Waals surface area contributed by atoms with Crippen molar-refractivity contribution < 1.29 is 24.2 Å². The summed E-state index contributed by atoms with van der Waals surface area (Å²) in [6, 6.07) is 2.18. The Labute approximate surface area is 141 Å². The number of aliphatic carboxylic acids is 1. The van der Waals surface area contributed by atoms with Crippen LogP contribution in [0.15, 0.2) is 37.4 Å². The third-order valence-electron chi connectivity index (χ3n) is 3.45. The van der Waals surface area contributed by atoms with E-state index in [9.17, 15) is 14.7 Å². The van der Waals surface area contributed by atoms with Crippen molar-refractivity contribution in [2.75, 3.05) is 14.2 Å². The van der Waals surface area contributed by atoms with Gasteiger partial charge in [0.25, 0.3) is 5.91 Å². The van der Waals surface area contributed by atoms with E-state index in [2.05, 4.69) is 18.5 Å². The van der Waals surface area contributed by atoms with Crippen LogP contribution in [0, 0.1) is 0 Å². The zero-order valence-electron chi connectivity index (χ0n) is 14.0. The molecule has 0 saturated heterocycles. The zero-order valence-corrected chi connectivity index (χ0v) is 14.0. The third kappa shape index (κ3) is 4.87. The van der Waals surface area contributed by atoms with Crippen LogP contribution >= 0.6 is 0 Å². The molecule has 0 saturated carbocycles. The highest BCUT2D eigenvalue weighted by atomic mass is 16.5. The number of allylic oxidation sites excluding steroid dienone is 2. The molecule has 0 aromatic heterocycles. The average Bonchev–Trinajstić information content (AvgIpc) is 2.57. The fourth-order valence-corrected chi connectivity index (χ4v) is 2.26. The minimum Gasteiger partial charge on any atom is -0.493 e. The van der Waals surface area contributed by atoms with Crippen LogP contribution in [0.1, 0.15) is 28.8 Å². The van der Waals surface area contributed by atoms with Crippen LogP contribution in [0.25, 0.3) is 0 Å². The molecule has 0 aliphatic rings. The third-order valence-corrected chi connectivity index (χ3v) is 3.45. The molecule has 0 radical (unpaired) electrons. The number of carbonyl (C=O) groups is 2. The van der Waals surface area contributed by atoms with Crippen LogP contribution in [0.3, 0.4) is 0 Å². The Morgan fingerprint density at radius 3 is 2.46 bits per heavy atom. The first-order chi connectivity index (χ1) is 11.5. The van der Waals surface area contributed by atoms with Gasteiger partial charge in [-0.3, -0.25) is 4.79 Å². The molecule has 0 aliphatic heterocycles. The maximum Gasteiger partial charge on any atom is 0.326 e. The van der Waals surface area contributed by atoms with Crippen LogP contribution in [0.4, 0.5) is 0 Å². The number of hydrogen-bond donors (Lipinski definition) is 2. The van der Waals surface area contributed by atoms with Gasteiger partial charge in [-0.2, -0.15) is 0 Å². The van der Waals surface area contributed by atoms with E-state index in [4.69, 9.17) is 9.47 Å². The first-order valence-electron chi connectivity index (χ1n) is 7.48. The van der Waals surface area contributed by atoms with Crippen LogP contribution < -0.4 is 14.8 Å². The second kappa shape index (κ2) is 9.39. The molecule has 6 nitrogen and oxygen atoms in total. The van der Waals surface area contributed by atoms with Crippen molar-refractivity contribution >= 4 is 11.9 Å². The number of amides is 1. The molecule has 1 atom stereocenters. The number of carboxylic acids is 1. The number of nitrogens with one attached hydrogen (secondary N) is 1. The summed E-state index contributed by atoms with van der Waals surface area (Å²) in [5.74, 6) is -0.648. The Morgan fingerprint density at radius 2 is 1.96 bits per heavy atom. The van der Waals surface area contributed by atoms with Crippen molar-refractivity contribution in [2.45, 2.75) is 25.3 Å². The molecular weight excluding hydrogens is 310 g/mol. The smallest absolute Gasteiger partial charge is 0.326 e. The van der Waals surface area contributed by atoms with Crippen molar-refractivity contribution in [3.63, 3.8) is 0 Å². The standard InChI is InChI=1S/C18H23NO5/c1-5-7-9-14(18(21)22)19-17(20)13-10-12(8-6-2)16(24-4)15(11-13)23-3/h5-6,10-11,14H,1-2,7-9H2,3-4H3,(H,19,20)(H,21,22). The number of hydrogen-bond acceptors (Lipinski definition) is 4. The number of carboxylic acid groups (broad SMARTS) is 1. The lowest BCUT2D eigenvalue weighted by Gasteiger charge is -2.17. The van der Waals surface area contributed by atoms with E-state index >= 15 is 0 Å². The lowest BCUT2D eigenvalue weighted by Crippen LogP contribution is -2.40. The fourth-order valence-electron chi connectivity index (χ4n) is 2.26. The van der Waals surface area contributed by atoms with E-state index in [1.807, 2.05) is 0 Å². The second-order valence-corrected chi connectivity index (χ2v) is 5.09. The molecule has 0 fully saturated rings. The minimum absolute atomic E-state index is 0.275. The summed E-state index contributed by atoms with van der Waals surface area (Å²) in [5, 5.41) is 11.7. The lowest BCUT2D eigenvalue weighted by atomic mass is 10.0. The largest absolute Gasteiger partial charge is 0.493 e. The predicted molar refractivity (Wildman–Crippen MR) is 91.8 cm³/mol. The number of carbonyl (C=O) groups excluding carboxylic acids is 1. The Kier molecular flexibility index (Phi) is 7.55. The molecule has 130 valence electrons. The van der Waals surface area contributed by atoms with E-state index in [-0.39, 0.29) is 6.42 Å². The number of ether oxygens (including phenoxy) is 2. The molecule has 6 heteroatoms. The monoisotopic (exact) mass is 333 g/mol. The number of benzene rings is 1. The average molecular weight is 333 g/mol. The molecular formula is C18H23NO5. The van der Waals surface area contributed by atoms with Gasteiger partial charge in [0.15, 0.2) is 11.5 Å². The first kappa shape index (κ1) is 19.3. The van der Waals surface area contributed by atoms with Gasteiger partial charge in [-0.05, 0) is 31.4 Å². The number of methoxy groups -OCH3 is 2. The summed E-state index contributed by atoms with van der Waals surface area (Å²) in [7, 11) is 2.99. The molecule has 1 aromatic rings. The molecule has 1 aromatic carbocycles. The van der Waals surface area contributed by atoms with E-state index in [1.165, 1.54) is 20.3 Å². The van der Waals surface area contributed by atoms with Gasteiger partial charge in [0, 0.05) is 11.1 Å². The fraction of sp³-hybridized carbons (Fsp3) is 0.333. The van der Waals surface area contributed by atoms with E-state index in [0.717, 1.165) is 5.56 Å². The van der Waals surface area contributed by atoms with Crippen molar-refractivity contribution in [1.82, 2.24) is 5.32 Å². The van der Waals surface area contributed by atoms with E-state index in [0.29, 0.717) is 29.9 Å². The highest BCUT2D eigenvalue weighted by molar-refractivity contribution is 5.97. The topological polar surface area (TPSA) is 84.9 Å². The SMILES string of the molecule is C=CCCC(NC(=O)c1cc(CC=C)c(OC)c(OC)c1)C(=O)O. The van der Waals surface area contributed by atoms with Crippen LogP contribution in [0.2, 0.25) is 0 Å². The molecule has 1 rings (SSSR count). The van der Waals surface area contributed by atoms with Gasteiger partial charge < -0.3 is 19.9 Å². The van der Waals surface area contributed by atoms with Crippen LogP contribution in [-0.2, 0) is 11.2 Å². The minimum atomic E-state index is -1.09. The predicted octanol–water partition coefficient (Wildman–Crippen LogP) is 2.58. The van der Waals surface area contributed by atoms with Gasteiger partial charge >= 0.3 is 5.97 Å². The highest BCUT2D eigenvalue weighted by Crippen LogP contribution is 2.33. The van der Waals surface area contributed by atoms with Gasteiger partial charge in [0.1, 0.15) is 6.04 Å². The summed E-state index contributed by atoms with van der Waals surface area (Å²) < 4.78 is 10.6. The second-order valence-electron chi connectivity index (χ2n) is 5.09. The molecule has 2 N–H and O–H groups in total. The van der Waals surface area contributed by atoms with Crippen LogP contribution in [-0.4, -0.2) is 37.2 Å². The summed E-state index contributed by atoms with van der Waals surface area (Å²) in [6.07, 6.45) is 4.55. The summed E-state index contributed by atoms with van der Waals surface area (Å²) in [6.45, 7) is 7.24. The van der Waals surface area contributed by atoms with E-state index < -0.39 is 17.9 Å². The highest BCUT2D eigenvalue weighted by Gasteiger charge is 2.22. The van der Waals surface area contributed by atoms with Crippen LogP contribution in [0.5, 0.6) is 11.5 Å². The Balaban J connectivity index is 3.12. The van der Waals surface area contributed by atoms with Crippen molar-refractivity contribution in [3.8, 4) is 11.5 Å². The first-order valence-corrected chi connectivity index (χ1v) is 7.48. The Hall–Kier alpha value is -2.76. The lowest BCUT2D eigenvalue weighted by molar-refractivity contribution is -0.139. The molecule has 1 unspecified atom stereocenters. The van der Waals surface area contributed by atoms with Gasteiger partial charge in [-0.25, -0.2) is 4.79 Å². The molecule has 0 heterocycles. The summed E-state index contributed by atoms with van der Waals surface area (Å²) >= 11 is 0. The molecule has 0 bridgehead atoms. The molecule has 1 amide bonds. The maximum atomic E-state index is 12.4. The van der Waals surface area contributed by atoms with Gasteiger partial charge in [-0.1, -0.05) is 12.2 Å². The zero-order chi connectivity index (χ0) is 18.1. The summed E-state index contributed by atoms with van der Waals surface area (Å²) in [5.41, 5.74) is 1.03. The maximum absolute atomic E-state index is 12.4. The van der Waals surface area contributed by atoms with Crippen molar-refractivity contribution in [1.29, 1.82) is 0 Å². The van der Waals surface area contributed by atoms with Crippen molar-refractivity contribution in [2.24, 2.45) is 0 Å². The molecule has 0 aliphatic carbocycles. The Morgan fingerprint density at radius 1 is 1.25 bits per heavy atom. The van der Waals surface area contributed by atoms with Gasteiger partial charge in [-0.15, -0.1) is 13.2 Å². The quantitative estimate of drug-likeness (QED) is 0.643. The molecule has 24 heavy (non-hydrogen) atoms. The van der Waals surface area contributed by atoms with Gasteiger partial charge in [0.05, 0.1) is 14.2 Å². The van der Waals surface area contributed by atoms with E-state index in [1.54, 1.807) is 18.2 Å². The normalized spacial score (nSPS) is 11.2. The molecule has 0 spiro atoms. The van der Waals surface area contributed by atoms with Crippen molar-refractivity contribution in [3.05, 3.63) is 48.6 Å². The Bertz CT molecular complexity index is 624. The van der Waals surface area contributed by atoms with Gasteiger partial charge in [0.2, 0.25) is 0 Å².